The average Bonchev–Trinajstić information content (AvgIpc) is 3.48. The van der Waals surface area contributed by atoms with Gasteiger partial charge in [-0.2, -0.15) is 0 Å². The molecule has 1 heterocycles. The van der Waals surface area contributed by atoms with E-state index in [1.165, 1.54) is 98.3 Å². The number of aldehydes is 1. The zero-order valence-corrected chi connectivity index (χ0v) is 42.3. The van der Waals surface area contributed by atoms with Gasteiger partial charge in [0.1, 0.15) is 0 Å². The summed E-state index contributed by atoms with van der Waals surface area (Å²) in [4.78, 5) is 11.9. The Hall–Kier alpha value is -8.90. The number of carbonyl (C=O) groups excluding carboxylic acids is 1. The van der Waals surface area contributed by atoms with E-state index >= 15 is 0 Å². The van der Waals surface area contributed by atoms with E-state index in [-0.39, 0.29) is 0 Å². The number of fused-ring (bicyclic) bond motifs is 6. The number of hydrogen-bond donors (Lipinski definition) is 0. The van der Waals surface area contributed by atoms with E-state index < -0.39 is 19.8 Å². The first-order valence-corrected chi connectivity index (χ1v) is 28.3. The molecule has 74 heavy (non-hydrogen) atoms. The van der Waals surface area contributed by atoms with Crippen molar-refractivity contribution in [1.29, 1.82) is 0 Å². The van der Waals surface area contributed by atoms with E-state index in [2.05, 4.69) is 255 Å². The molecule has 0 atom stereocenters. The Morgan fingerprint density at radius 3 is 0.946 bits per heavy atom. The molecule has 14 rings (SSSR count). The minimum absolute atomic E-state index is 0.675. The third-order valence-electron chi connectivity index (χ3n) is 14.7. The van der Waals surface area contributed by atoms with Crippen LogP contribution in [0.1, 0.15) is 10.4 Å². The van der Waals surface area contributed by atoms with E-state index in [4.69, 9.17) is 4.74 Å². The summed E-state index contributed by atoms with van der Waals surface area (Å²) in [5.41, 5.74) is 14.9. The second kappa shape index (κ2) is 18.3. The zero-order valence-electron chi connectivity index (χ0n) is 40.2. The van der Waals surface area contributed by atoms with Gasteiger partial charge in [-0.15, -0.1) is 0 Å². The molecule has 0 saturated carbocycles. The van der Waals surface area contributed by atoms with Gasteiger partial charge in [-0.05, 0) is 0 Å². The minimum atomic E-state index is -2.33. The maximum absolute atomic E-state index is 11.9. The molecule has 13 aromatic carbocycles. The maximum atomic E-state index is 11.9. The van der Waals surface area contributed by atoms with Gasteiger partial charge in [0, 0.05) is 0 Å². The van der Waals surface area contributed by atoms with Crippen LogP contribution >= 0.6 is 19.8 Å². The Labute approximate surface area is 437 Å². The Balaban J connectivity index is 0.881. The van der Waals surface area contributed by atoms with Crippen molar-refractivity contribution in [1.82, 2.24) is 0 Å². The third kappa shape index (κ3) is 7.42. The normalized spacial score (nSPS) is 12.4. The van der Waals surface area contributed by atoms with Crippen molar-refractivity contribution in [3.63, 3.8) is 0 Å². The van der Waals surface area contributed by atoms with Gasteiger partial charge in [-0.1, -0.05) is 60.7 Å². The van der Waals surface area contributed by atoms with Crippen molar-refractivity contribution in [3.05, 3.63) is 283 Å². The molecular weight excluding hydrogens is 1010 g/mol. The van der Waals surface area contributed by atoms with Crippen LogP contribution in [0, 0.1) is 10.7 Å². The second-order valence-electron chi connectivity index (χ2n) is 18.9. The fourth-order valence-corrected chi connectivity index (χ4v) is 17.1. The van der Waals surface area contributed by atoms with Gasteiger partial charge in [0.25, 0.3) is 0 Å². The van der Waals surface area contributed by atoms with Gasteiger partial charge in [-0.25, -0.2) is 0 Å². The molecule has 0 radical (unpaired) electrons. The molecule has 3 heteroatoms. The van der Waals surface area contributed by atoms with Gasteiger partial charge in [0.15, 0.2) is 0 Å². The van der Waals surface area contributed by atoms with Crippen molar-refractivity contribution >= 4 is 69.2 Å². The van der Waals surface area contributed by atoms with Crippen LogP contribution in [0.2, 0.25) is 0 Å². The van der Waals surface area contributed by atoms with Gasteiger partial charge in [0.05, 0.1) is 0 Å². The summed E-state index contributed by atoms with van der Waals surface area (Å²) in [6.45, 7) is 0. The summed E-state index contributed by atoms with van der Waals surface area (Å²) in [6, 6.07) is 96.7. The Bertz CT molecular complexity index is 3980. The van der Waals surface area contributed by atoms with Crippen LogP contribution in [0.5, 0.6) is 11.5 Å². The SMILES string of the molecule is O=Cc1ccc(I2c3ccc(-c4cccc(-c5c6ccccc6c(-c6ccccc6)c6ccccc56)c4)cc3Oc3cc(-c4cccc(-c5c6ccccc6c(-c6ccccc6)c6ccccc56)c4)ccc32)cc1. The molecule has 348 valence electrons. The number of ether oxygens (including phenoxy) is 1. The monoisotopic (exact) mass is 1060 g/mol. The molecule has 13 aromatic rings. The van der Waals surface area contributed by atoms with Crippen molar-refractivity contribution in [2.45, 2.75) is 0 Å². The van der Waals surface area contributed by atoms with E-state index in [1.807, 2.05) is 12.1 Å². The molecule has 0 amide bonds. The van der Waals surface area contributed by atoms with E-state index in [1.54, 1.807) is 0 Å². The molecule has 0 fully saturated rings. The third-order valence-corrected chi connectivity index (χ3v) is 20.7. The quantitative estimate of drug-likeness (QED) is 0.0861. The first kappa shape index (κ1) is 43.9. The van der Waals surface area contributed by atoms with Gasteiger partial charge >= 0.3 is 380 Å². The first-order valence-electron chi connectivity index (χ1n) is 25.1. The molecule has 1 aliphatic heterocycles. The Morgan fingerprint density at radius 1 is 0.270 bits per heavy atom. The second-order valence-corrected chi connectivity index (χ2v) is 24.1. The molecule has 0 bridgehead atoms. The van der Waals surface area contributed by atoms with Crippen LogP contribution in [0.15, 0.2) is 267 Å². The molecule has 2 nitrogen and oxygen atoms in total. The summed E-state index contributed by atoms with van der Waals surface area (Å²) in [7, 11) is 0. The van der Waals surface area contributed by atoms with Crippen LogP contribution in [-0.4, -0.2) is 6.29 Å². The Morgan fingerprint density at radius 2 is 0.581 bits per heavy atom. The molecule has 1 aliphatic rings. The number of carbonyl (C=O) groups is 1. The molecule has 0 unspecified atom stereocenters. The van der Waals surface area contributed by atoms with Gasteiger partial charge in [0.2, 0.25) is 0 Å². The van der Waals surface area contributed by atoms with Gasteiger partial charge < -0.3 is 0 Å². The molecule has 0 spiro atoms. The van der Waals surface area contributed by atoms with Crippen LogP contribution in [-0.2, 0) is 0 Å². The number of hydrogen-bond acceptors (Lipinski definition) is 2. The van der Waals surface area contributed by atoms with Crippen molar-refractivity contribution in [2.75, 3.05) is 0 Å². The fourth-order valence-electron chi connectivity index (χ4n) is 11.4. The zero-order chi connectivity index (χ0) is 49.1. The van der Waals surface area contributed by atoms with E-state index in [9.17, 15) is 4.79 Å². The predicted molar refractivity (Wildman–Crippen MR) is 318 cm³/mol. The molecule has 0 N–H and O–H groups in total. The fraction of sp³-hybridized carbons (Fsp3) is 0. The van der Waals surface area contributed by atoms with E-state index in [0.717, 1.165) is 40.0 Å². The number of halogens is 1. The van der Waals surface area contributed by atoms with Crippen LogP contribution in [0.4, 0.5) is 0 Å². The van der Waals surface area contributed by atoms with Gasteiger partial charge in [-0.3, -0.25) is 0 Å². The molecule has 0 aromatic heterocycles. The topological polar surface area (TPSA) is 26.3 Å². The average molecular weight is 1060 g/mol. The Kier molecular flexibility index (Phi) is 10.8. The summed E-state index contributed by atoms with van der Waals surface area (Å²) in [5, 5.41) is 9.87. The molecule has 0 aliphatic carbocycles. The molecular formula is C71H45IO2. The van der Waals surface area contributed by atoms with Crippen LogP contribution in [0.25, 0.3) is 110 Å². The molecule has 0 saturated heterocycles. The summed E-state index contributed by atoms with van der Waals surface area (Å²) < 4.78 is 10.9. The number of rotatable bonds is 8. The number of benzene rings is 13. The van der Waals surface area contributed by atoms with Crippen molar-refractivity contribution in [2.24, 2.45) is 0 Å². The standard InChI is InChI=1S/C71H45IO2/c73-45-46-33-37-55(38-34-46)72-64-39-35-51(49-21-15-23-53(41-49)70-60-29-11-7-25-56(60)68(47-17-3-1-4-18-47)57-26-8-12-30-61(57)70)43-66(64)74-67-44-52(36-40-65(67)72)50-22-16-24-54(42-50)71-62-31-13-9-27-58(62)69(48-19-5-2-6-20-48)59-28-10-14-32-63(59)71/h1-45H. The summed E-state index contributed by atoms with van der Waals surface area (Å²) >= 11 is -2.33. The van der Waals surface area contributed by atoms with Crippen LogP contribution < -0.4 is 4.74 Å². The summed E-state index contributed by atoms with van der Waals surface area (Å²) in [5.74, 6) is 1.77. The van der Waals surface area contributed by atoms with Crippen molar-refractivity contribution < 1.29 is 9.53 Å². The predicted octanol–water partition coefficient (Wildman–Crippen LogP) is 19.6. The van der Waals surface area contributed by atoms with Crippen LogP contribution in [0.3, 0.4) is 0 Å². The van der Waals surface area contributed by atoms with Crippen molar-refractivity contribution in [3.8, 4) is 78.3 Å². The summed E-state index contributed by atoms with van der Waals surface area (Å²) in [6.07, 6.45) is 0.923. The van der Waals surface area contributed by atoms with E-state index in [0.29, 0.717) is 5.56 Å². The first-order chi connectivity index (χ1) is 36.7.